The van der Waals surface area contributed by atoms with Crippen LogP contribution in [-0.2, 0) is 10.2 Å². The van der Waals surface area contributed by atoms with Crippen molar-refractivity contribution >= 4 is 5.91 Å². The molecular weight excluding hydrogens is 385 g/mol. The van der Waals surface area contributed by atoms with Gasteiger partial charge in [0.25, 0.3) is 0 Å². The minimum Gasteiger partial charge on any atom is -0.340 e. The first-order valence-electron chi connectivity index (χ1n) is 9.13. The molecule has 29 heavy (non-hydrogen) atoms. The zero-order valence-corrected chi connectivity index (χ0v) is 15.9. The van der Waals surface area contributed by atoms with Gasteiger partial charge < -0.3 is 9.42 Å². The summed E-state index contributed by atoms with van der Waals surface area (Å²) in [4.78, 5) is 19.4. The van der Waals surface area contributed by atoms with Crippen molar-refractivity contribution in [2.45, 2.75) is 24.4 Å². The summed E-state index contributed by atoms with van der Waals surface area (Å²) in [7, 11) is 1.70. The van der Waals surface area contributed by atoms with Crippen LogP contribution in [0.15, 0.2) is 34.9 Å². The van der Waals surface area contributed by atoms with E-state index in [0.29, 0.717) is 18.5 Å². The Kier molecular flexibility index (Phi) is 5.94. The predicted molar refractivity (Wildman–Crippen MR) is 99.6 cm³/mol. The van der Waals surface area contributed by atoms with Gasteiger partial charge in [-0.2, -0.15) is 18.2 Å². The summed E-state index contributed by atoms with van der Waals surface area (Å²) in [6, 6.07) is 8.62. The van der Waals surface area contributed by atoms with Crippen LogP contribution in [-0.4, -0.2) is 65.3 Å². The number of likely N-dealkylation sites (N-methyl/N-ethyl adjacent to an activating group) is 1. The molecule has 9 heteroatoms. The number of nitrogens with zero attached hydrogens (tertiary/aromatic N) is 4. The normalized spacial score (nSPS) is 19.5. The molecule has 1 aliphatic heterocycles. The summed E-state index contributed by atoms with van der Waals surface area (Å²) in [5.74, 6) is 1.65. The van der Waals surface area contributed by atoms with Crippen molar-refractivity contribution in [3.63, 3.8) is 0 Å². The second-order valence-electron chi connectivity index (χ2n) is 7.13. The average Bonchev–Trinajstić information content (AvgIpc) is 3.34. The molecule has 0 N–H and O–H groups in total. The Morgan fingerprint density at radius 2 is 2.10 bits per heavy atom. The highest BCUT2D eigenvalue weighted by Crippen LogP contribution is 2.47. The second-order valence-corrected chi connectivity index (χ2v) is 7.13. The van der Waals surface area contributed by atoms with Crippen LogP contribution in [0.25, 0.3) is 11.4 Å². The van der Waals surface area contributed by atoms with Crippen molar-refractivity contribution in [3.05, 3.63) is 36.2 Å². The quantitative estimate of drug-likeness (QED) is 0.691. The van der Waals surface area contributed by atoms with Crippen LogP contribution < -0.4 is 0 Å². The third-order valence-corrected chi connectivity index (χ3v) is 5.08. The van der Waals surface area contributed by atoms with Gasteiger partial charge in [0.05, 0.1) is 6.54 Å². The van der Waals surface area contributed by atoms with Gasteiger partial charge in [-0.25, -0.2) is 0 Å². The smallest absolute Gasteiger partial charge is 0.340 e. The highest BCUT2D eigenvalue weighted by Gasteiger charge is 2.63. The first kappa shape index (κ1) is 20.9. The number of rotatable bonds is 6. The molecule has 0 radical (unpaired) electrons. The minimum atomic E-state index is -4.64. The van der Waals surface area contributed by atoms with Crippen molar-refractivity contribution < 1.29 is 22.5 Å². The number of alkyl halides is 3. The fraction of sp³-hybridized carbons (Fsp3) is 0.450. The third-order valence-electron chi connectivity index (χ3n) is 5.08. The van der Waals surface area contributed by atoms with Crippen molar-refractivity contribution in [3.8, 4) is 23.7 Å². The minimum absolute atomic E-state index is 0.00524. The topological polar surface area (TPSA) is 62.5 Å². The van der Waals surface area contributed by atoms with Crippen molar-refractivity contribution in [2.24, 2.45) is 0 Å². The monoisotopic (exact) mass is 406 g/mol. The van der Waals surface area contributed by atoms with Gasteiger partial charge in [-0.3, -0.25) is 9.69 Å². The predicted octanol–water partition coefficient (Wildman–Crippen LogP) is 2.72. The van der Waals surface area contributed by atoms with E-state index in [9.17, 15) is 18.0 Å². The first-order chi connectivity index (χ1) is 13.8. The van der Waals surface area contributed by atoms with Crippen LogP contribution in [0.2, 0.25) is 0 Å². The van der Waals surface area contributed by atoms with Crippen molar-refractivity contribution in [1.82, 2.24) is 19.9 Å². The van der Waals surface area contributed by atoms with E-state index in [1.165, 1.54) is 4.90 Å². The number of hydrogen-bond donors (Lipinski definition) is 0. The number of carbonyl (C=O) groups excluding carboxylic acids is 1. The fourth-order valence-corrected chi connectivity index (χ4v) is 3.34. The largest absolute Gasteiger partial charge is 0.405 e. The Labute approximate surface area is 166 Å². The lowest BCUT2D eigenvalue weighted by atomic mass is 9.86. The fourth-order valence-electron chi connectivity index (χ4n) is 3.34. The molecule has 1 aliphatic rings. The highest BCUT2D eigenvalue weighted by molar-refractivity contribution is 5.78. The summed E-state index contributed by atoms with van der Waals surface area (Å²) in [6.45, 7) is -0.0988. The van der Waals surface area contributed by atoms with Crippen LogP contribution in [0.5, 0.6) is 0 Å². The zero-order chi connectivity index (χ0) is 21.1. The average molecular weight is 406 g/mol. The third kappa shape index (κ3) is 4.27. The second kappa shape index (κ2) is 8.25. The molecule has 6 nitrogen and oxygen atoms in total. The van der Waals surface area contributed by atoms with Gasteiger partial charge in [0, 0.05) is 31.6 Å². The summed E-state index contributed by atoms with van der Waals surface area (Å²) < 4.78 is 47.3. The molecule has 1 saturated heterocycles. The number of likely N-dealkylation sites (tertiary alicyclic amines) is 1. The number of carbonyl (C=O) groups is 1. The summed E-state index contributed by atoms with van der Waals surface area (Å²) in [6.07, 6.45) is 0.693. The summed E-state index contributed by atoms with van der Waals surface area (Å²) in [5.41, 5.74) is -1.82. The van der Waals surface area contributed by atoms with Gasteiger partial charge in [-0.05, 0) is 13.5 Å². The number of aromatic nitrogens is 2. The Hall–Kier alpha value is -2.86. The Balaban J connectivity index is 1.80. The number of terminal acetylenes is 1. The van der Waals surface area contributed by atoms with Gasteiger partial charge in [0.15, 0.2) is 5.41 Å². The molecule has 0 spiro atoms. The molecule has 3 rings (SSSR count). The molecule has 0 bridgehead atoms. The first-order valence-corrected chi connectivity index (χ1v) is 9.13. The van der Waals surface area contributed by atoms with E-state index in [1.54, 1.807) is 42.3 Å². The van der Waals surface area contributed by atoms with Gasteiger partial charge in [0.2, 0.25) is 17.6 Å². The molecule has 154 valence electrons. The van der Waals surface area contributed by atoms with Gasteiger partial charge >= 0.3 is 6.18 Å². The Morgan fingerprint density at radius 1 is 1.38 bits per heavy atom. The standard InChI is InChI=1S/C20H21F3N4O2/c1-3-4-11-26(2)13-16(28)27-12-10-19(14-27,20(21,22)23)18-24-17(25-29-18)15-8-6-5-7-9-15/h1,5-9H,4,10-14H2,2H3. The van der Waals surface area contributed by atoms with Crippen molar-refractivity contribution in [1.29, 1.82) is 0 Å². The highest BCUT2D eigenvalue weighted by atomic mass is 19.4. The molecular formula is C20H21F3N4O2. The maximum atomic E-state index is 14.1. The van der Waals surface area contributed by atoms with Crippen LogP contribution in [0.3, 0.4) is 0 Å². The number of hydrogen-bond acceptors (Lipinski definition) is 5. The van der Waals surface area contributed by atoms with E-state index in [4.69, 9.17) is 10.9 Å². The van der Waals surface area contributed by atoms with E-state index in [0.717, 1.165) is 0 Å². The molecule has 2 heterocycles. The van der Waals surface area contributed by atoms with Crippen LogP contribution >= 0.6 is 0 Å². The van der Waals surface area contributed by atoms with E-state index in [2.05, 4.69) is 16.1 Å². The number of benzene rings is 1. The lowest BCUT2D eigenvalue weighted by molar-refractivity contribution is -0.193. The molecule has 1 aromatic carbocycles. The summed E-state index contributed by atoms with van der Waals surface area (Å²) in [5, 5.41) is 3.73. The van der Waals surface area contributed by atoms with E-state index in [-0.39, 0.29) is 25.3 Å². The molecule has 1 fully saturated rings. The van der Waals surface area contributed by atoms with Crippen LogP contribution in [0, 0.1) is 12.3 Å². The number of halogens is 3. The van der Waals surface area contributed by atoms with Crippen molar-refractivity contribution in [2.75, 3.05) is 33.2 Å². The lowest BCUT2D eigenvalue weighted by Gasteiger charge is -2.28. The molecule has 2 aromatic rings. The maximum Gasteiger partial charge on any atom is 0.405 e. The molecule has 0 aliphatic carbocycles. The van der Waals surface area contributed by atoms with Gasteiger partial charge in [-0.15, -0.1) is 12.3 Å². The molecule has 1 aromatic heterocycles. The van der Waals surface area contributed by atoms with Gasteiger partial charge in [0.1, 0.15) is 0 Å². The molecule has 1 unspecified atom stereocenters. The SMILES string of the molecule is C#CCCN(C)CC(=O)N1CCC(c2nc(-c3ccccc3)no2)(C(F)(F)F)C1. The summed E-state index contributed by atoms with van der Waals surface area (Å²) >= 11 is 0. The number of amides is 1. The van der Waals surface area contributed by atoms with Crippen LogP contribution in [0.1, 0.15) is 18.7 Å². The Bertz CT molecular complexity index is 891. The zero-order valence-electron chi connectivity index (χ0n) is 15.9. The molecule has 1 amide bonds. The van der Waals surface area contributed by atoms with E-state index < -0.39 is 29.9 Å². The Morgan fingerprint density at radius 3 is 2.76 bits per heavy atom. The maximum absolute atomic E-state index is 14.1. The molecule has 1 atom stereocenters. The van der Waals surface area contributed by atoms with Crippen LogP contribution in [0.4, 0.5) is 13.2 Å². The lowest BCUT2D eigenvalue weighted by Crippen LogP contribution is -2.47. The van der Waals surface area contributed by atoms with E-state index >= 15 is 0 Å². The molecule has 0 saturated carbocycles. The van der Waals surface area contributed by atoms with Gasteiger partial charge in [-0.1, -0.05) is 35.5 Å². The van der Waals surface area contributed by atoms with E-state index in [1.807, 2.05) is 0 Å².